The molecule has 6 nitrogen and oxygen atoms in total. The molecule has 1 aliphatic rings. The van der Waals surface area contributed by atoms with Crippen molar-refractivity contribution in [3.63, 3.8) is 0 Å². The molecule has 1 aromatic carbocycles. The van der Waals surface area contributed by atoms with Gasteiger partial charge in [0, 0.05) is 5.39 Å². The zero-order valence-corrected chi connectivity index (χ0v) is 9.96. The number of fused-ring (bicyclic) bond motifs is 1. The van der Waals surface area contributed by atoms with E-state index in [0.29, 0.717) is 24.1 Å². The Hall–Kier alpha value is -2.50. The summed E-state index contributed by atoms with van der Waals surface area (Å²) >= 11 is 0. The van der Waals surface area contributed by atoms with E-state index in [1.807, 2.05) is 0 Å². The average Bonchev–Trinajstić information content (AvgIpc) is 2.93. The number of carbonyl (C=O) groups excluding carboxylic acids is 1. The lowest BCUT2D eigenvalue weighted by atomic mass is 10.1. The normalized spacial score (nSPS) is 14.9. The molecule has 6 heteroatoms. The first-order valence-electron chi connectivity index (χ1n) is 5.82. The summed E-state index contributed by atoms with van der Waals surface area (Å²) in [4.78, 5) is 24.2. The van der Waals surface area contributed by atoms with Crippen LogP contribution < -0.4 is 0 Å². The standard InChI is InChI=1S/C13H11NO5/c15-12(16)11-8-3-1-2-4-9(8)19-10(11)7-14-5-6-18-13(14)17/h1-4H,5-7H2,(H,15,16). The summed E-state index contributed by atoms with van der Waals surface area (Å²) in [5.41, 5.74) is 0.609. The van der Waals surface area contributed by atoms with Gasteiger partial charge in [-0.2, -0.15) is 0 Å². The van der Waals surface area contributed by atoms with E-state index >= 15 is 0 Å². The summed E-state index contributed by atoms with van der Waals surface area (Å²) in [6.45, 7) is 0.867. The third-order valence-electron chi connectivity index (χ3n) is 3.06. The van der Waals surface area contributed by atoms with Gasteiger partial charge in [0.25, 0.3) is 0 Å². The highest BCUT2D eigenvalue weighted by atomic mass is 16.6. The van der Waals surface area contributed by atoms with Crippen molar-refractivity contribution >= 4 is 23.0 Å². The molecule has 1 aliphatic heterocycles. The van der Waals surface area contributed by atoms with Crippen molar-refractivity contribution in [3.05, 3.63) is 35.6 Å². The summed E-state index contributed by atoms with van der Waals surface area (Å²) in [6, 6.07) is 6.91. The Kier molecular flexibility index (Phi) is 2.63. The van der Waals surface area contributed by atoms with E-state index in [1.165, 1.54) is 4.90 Å². The number of amides is 1. The highest BCUT2D eigenvalue weighted by Gasteiger charge is 2.27. The topological polar surface area (TPSA) is 80.0 Å². The van der Waals surface area contributed by atoms with Crippen LogP contribution >= 0.6 is 0 Å². The first-order chi connectivity index (χ1) is 9.16. The first kappa shape index (κ1) is 11.6. The molecule has 0 atom stereocenters. The van der Waals surface area contributed by atoms with Gasteiger partial charge in [0.05, 0.1) is 13.1 Å². The molecule has 1 saturated heterocycles. The van der Waals surface area contributed by atoms with Crippen LogP contribution in [0.15, 0.2) is 28.7 Å². The van der Waals surface area contributed by atoms with Gasteiger partial charge in [-0.05, 0) is 6.07 Å². The van der Waals surface area contributed by atoms with E-state index in [2.05, 4.69) is 0 Å². The van der Waals surface area contributed by atoms with Crippen molar-refractivity contribution in [1.82, 2.24) is 4.90 Å². The first-order valence-corrected chi connectivity index (χ1v) is 5.82. The van der Waals surface area contributed by atoms with Crippen LogP contribution in [0.2, 0.25) is 0 Å². The average molecular weight is 261 g/mol. The molecule has 3 rings (SSSR count). The molecule has 0 radical (unpaired) electrons. The SMILES string of the molecule is O=C(O)c1c(CN2CCOC2=O)oc2ccccc12. The Bertz CT molecular complexity index is 660. The van der Waals surface area contributed by atoms with Crippen molar-refractivity contribution in [2.75, 3.05) is 13.2 Å². The monoisotopic (exact) mass is 261 g/mol. The van der Waals surface area contributed by atoms with Crippen LogP contribution in [-0.4, -0.2) is 35.2 Å². The van der Waals surface area contributed by atoms with E-state index in [1.54, 1.807) is 24.3 Å². The van der Waals surface area contributed by atoms with E-state index in [9.17, 15) is 14.7 Å². The van der Waals surface area contributed by atoms with Gasteiger partial charge in [-0.3, -0.25) is 4.90 Å². The summed E-state index contributed by atoms with van der Waals surface area (Å²) in [5.74, 6) is -0.792. The predicted molar refractivity (Wildman–Crippen MR) is 64.9 cm³/mol. The quantitative estimate of drug-likeness (QED) is 0.914. The van der Waals surface area contributed by atoms with Gasteiger partial charge >= 0.3 is 12.1 Å². The fourth-order valence-electron chi connectivity index (χ4n) is 2.18. The van der Waals surface area contributed by atoms with Crippen molar-refractivity contribution in [3.8, 4) is 0 Å². The molecule has 1 fully saturated rings. The van der Waals surface area contributed by atoms with Crippen LogP contribution in [0.3, 0.4) is 0 Å². The minimum absolute atomic E-state index is 0.106. The number of aromatic carboxylic acids is 1. The van der Waals surface area contributed by atoms with Crippen molar-refractivity contribution in [2.45, 2.75) is 6.54 Å². The van der Waals surface area contributed by atoms with E-state index in [0.717, 1.165) is 0 Å². The largest absolute Gasteiger partial charge is 0.478 e. The molecule has 0 unspecified atom stereocenters. The maximum Gasteiger partial charge on any atom is 0.410 e. The maximum atomic E-state index is 11.4. The molecule has 0 bridgehead atoms. The molecule has 1 aromatic heterocycles. The third kappa shape index (κ3) is 1.91. The minimum Gasteiger partial charge on any atom is -0.478 e. The van der Waals surface area contributed by atoms with Crippen LogP contribution in [0.5, 0.6) is 0 Å². The number of carboxylic acids is 1. The molecular formula is C13H11NO5. The fraction of sp³-hybridized carbons (Fsp3) is 0.231. The van der Waals surface area contributed by atoms with Crippen molar-refractivity contribution in [1.29, 1.82) is 0 Å². The van der Waals surface area contributed by atoms with Gasteiger partial charge in [-0.1, -0.05) is 18.2 Å². The second kappa shape index (κ2) is 4.31. The molecule has 0 aliphatic carbocycles. The predicted octanol–water partition coefficient (Wildman–Crippen LogP) is 2.08. The van der Waals surface area contributed by atoms with Crippen molar-refractivity contribution in [2.24, 2.45) is 0 Å². The number of para-hydroxylation sites is 1. The lowest BCUT2D eigenvalue weighted by molar-refractivity contribution is 0.0694. The highest BCUT2D eigenvalue weighted by Crippen LogP contribution is 2.27. The number of carboxylic acid groups (broad SMARTS) is 1. The number of benzene rings is 1. The smallest absolute Gasteiger partial charge is 0.410 e. The van der Waals surface area contributed by atoms with Gasteiger partial charge in [0.2, 0.25) is 0 Å². The number of rotatable bonds is 3. The third-order valence-corrected chi connectivity index (χ3v) is 3.06. The molecule has 2 aromatic rings. The van der Waals surface area contributed by atoms with Gasteiger partial charge in [0.1, 0.15) is 23.5 Å². The lowest BCUT2D eigenvalue weighted by Crippen LogP contribution is -2.24. The molecular weight excluding hydrogens is 250 g/mol. The number of hydrogen-bond donors (Lipinski definition) is 1. The highest BCUT2D eigenvalue weighted by molar-refractivity contribution is 6.03. The van der Waals surface area contributed by atoms with E-state index < -0.39 is 12.1 Å². The Morgan fingerprint density at radius 3 is 2.84 bits per heavy atom. The maximum absolute atomic E-state index is 11.4. The van der Waals surface area contributed by atoms with Crippen LogP contribution in [0.1, 0.15) is 16.1 Å². The number of carbonyl (C=O) groups is 2. The molecule has 98 valence electrons. The number of cyclic esters (lactones) is 1. The minimum atomic E-state index is -1.06. The second-order valence-corrected chi connectivity index (χ2v) is 4.24. The summed E-state index contributed by atoms with van der Waals surface area (Å²) < 4.78 is 10.4. The van der Waals surface area contributed by atoms with Crippen LogP contribution in [0.4, 0.5) is 4.79 Å². The Morgan fingerprint density at radius 1 is 1.37 bits per heavy atom. The summed E-state index contributed by atoms with van der Waals surface area (Å²) in [6.07, 6.45) is -0.447. The molecule has 1 amide bonds. The zero-order valence-electron chi connectivity index (χ0n) is 9.96. The number of hydrogen-bond acceptors (Lipinski definition) is 4. The van der Waals surface area contributed by atoms with Gasteiger partial charge < -0.3 is 14.3 Å². The number of ether oxygens (including phenoxy) is 1. The van der Waals surface area contributed by atoms with Crippen molar-refractivity contribution < 1.29 is 23.8 Å². The second-order valence-electron chi connectivity index (χ2n) is 4.24. The fourth-order valence-corrected chi connectivity index (χ4v) is 2.18. The van der Waals surface area contributed by atoms with Gasteiger partial charge in [-0.25, -0.2) is 9.59 Å². The Balaban J connectivity index is 2.04. The number of furan rings is 1. The Labute approximate surface area is 108 Å². The van der Waals surface area contributed by atoms with Crippen LogP contribution in [-0.2, 0) is 11.3 Å². The van der Waals surface area contributed by atoms with Crippen LogP contribution in [0.25, 0.3) is 11.0 Å². The van der Waals surface area contributed by atoms with Gasteiger partial charge in [0.15, 0.2) is 0 Å². The molecule has 0 spiro atoms. The molecule has 2 heterocycles. The zero-order chi connectivity index (χ0) is 13.4. The number of nitrogens with zero attached hydrogens (tertiary/aromatic N) is 1. The lowest BCUT2D eigenvalue weighted by Gasteiger charge is -2.10. The molecule has 19 heavy (non-hydrogen) atoms. The Morgan fingerprint density at radius 2 is 2.16 bits per heavy atom. The molecule has 1 N–H and O–H groups in total. The van der Waals surface area contributed by atoms with E-state index in [4.69, 9.17) is 9.15 Å². The van der Waals surface area contributed by atoms with E-state index in [-0.39, 0.29) is 17.9 Å². The summed E-state index contributed by atoms with van der Waals surface area (Å²) in [7, 11) is 0. The van der Waals surface area contributed by atoms with Gasteiger partial charge in [-0.15, -0.1) is 0 Å². The molecule has 0 saturated carbocycles. The summed E-state index contributed by atoms with van der Waals surface area (Å²) in [5, 5.41) is 9.84. The van der Waals surface area contributed by atoms with Crippen LogP contribution in [0, 0.1) is 0 Å².